The number of phosphoric ester groups is 2. The maximum atomic E-state index is 13.0. The molecule has 510 valence electrons. The molecular weight excluding hydrogens is 1140 g/mol. The van der Waals surface area contributed by atoms with Gasteiger partial charge >= 0.3 is 39.5 Å². The van der Waals surface area contributed by atoms with E-state index in [0.717, 1.165) is 109 Å². The third-order valence-corrected chi connectivity index (χ3v) is 17.4. The summed E-state index contributed by atoms with van der Waals surface area (Å²) >= 11 is 0. The van der Waals surface area contributed by atoms with E-state index >= 15 is 0 Å². The Bertz CT molecular complexity index is 1680. The molecule has 0 aromatic carbocycles. The van der Waals surface area contributed by atoms with Crippen molar-refractivity contribution in [2.45, 2.75) is 355 Å². The Kier molecular flexibility index (Phi) is 58.0. The Hall–Kier alpha value is -1.94. The molecule has 0 radical (unpaired) electrons. The summed E-state index contributed by atoms with van der Waals surface area (Å²) in [6.07, 6.45) is 43.7. The number of rotatable bonds is 66. The number of aliphatic hydroxyl groups excluding tert-OH is 1. The molecule has 0 saturated carbocycles. The van der Waals surface area contributed by atoms with Gasteiger partial charge in [0.15, 0.2) is 12.2 Å². The van der Waals surface area contributed by atoms with Crippen molar-refractivity contribution < 1.29 is 80.2 Å². The van der Waals surface area contributed by atoms with Crippen LogP contribution in [-0.2, 0) is 65.4 Å². The highest BCUT2D eigenvalue weighted by atomic mass is 31.2. The van der Waals surface area contributed by atoms with Gasteiger partial charge in [0.25, 0.3) is 0 Å². The van der Waals surface area contributed by atoms with Gasteiger partial charge in [-0.25, -0.2) is 9.13 Å². The van der Waals surface area contributed by atoms with Crippen molar-refractivity contribution in [2.24, 2.45) is 11.8 Å². The standard InChI is InChI=1S/C67H130O17P2/c1-7-9-11-13-14-15-27-32-39-45-51-66(71)83-62(55-77-64(69)49-43-35-12-10-8-2)57-81-85(73,74)79-53-61(68)54-80-86(75,76)82-58-63(56-78-65(70)50-44-38-34-29-31-37-42-48-60(5)6)84-67(72)52-46-40-33-28-25-23-21-19-17-16-18-20-22-24-26-30-36-41-47-59(3)4/h59-63,68H,7-58H2,1-6H3,(H,73,74)(H,75,76)/t61-,62+,63+/m0/s1. The molecule has 0 aliphatic carbocycles. The minimum Gasteiger partial charge on any atom is -0.462 e. The molecule has 3 N–H and O–H groups in total. The van der Waals surface area contributed by atoms with Gasteiger partial charge in [-0.05, 0) is 37.5 Å². The summed E-state index contributed by atoms with van der Waals surface area (Å²) in [5.41, 5.74) is 0. The van der Waals surface area contributed by atoms with Crippen molar-refractivity contribution in [3.63, 3.8) is 0 Å². The second-order valence-electron chi connectivity index (χ2n) is 25.2. The summed E-state index contributed by atoms with van der Waals surface area (Å²) in [6, 6.07) is 0. The number of carbonyl (C=O) groups excluding carboxylic acids is 4. The van der Waals surface area contributed by atoms with Crippen molar-refractivity contribution in [1.82, 2.24) is 0 Å². The van der Waals surface area contributed by atoms with E-state index in [1.165, 1.54) is 141 Å². The molecule has 0 saturated heterocycles. The predicted octanol–water partition coefficient (Wildman–Crippen LogP) is 18.8. The fourth-order valence-electron chi connectivity index (χ4n) is 10.1. The number of carbonyl (C=O) groups is 4. The van der Waals surface area contributed by atoms with Crippen LogP contribution in [0.25, 0.3) is 0 Å². The molecule has 86 heavy (non-hydrogen) atoms. The molecule has 17 nitrogen and oxygen atoms in total. The molecule has 0 heterocycles. The Morgan fingerprint density at radius 3 is 0.791 bits per heavy atom. The van der Waals surface area contributed by atoms with E-state index < -0.39 is 97.5 Å². The van der Waals surface area contributed by atoms with Gasteiger partial charge in [-0.15, -0.1) is 0 Å². The molecular formula is C67H130O17P2. The maximum absolute atomic E-state index is 13.0. The predicted molar refractivity (Wildman–Crippen MR) is 345 cm³/mol. The van der Waals surface area contributed by atoms with E-state index in [1.54, 1.807) is 0 Å². The zero-order valence-electron chi connectivity index (χ0n) is 55.6. The van der Waals surface area contributed by atoms with Gasteiger partial charge in [0.05, 0.1) is 26.4 Å². The second kappa shape index (κ2) is 59.4. The topological polar surface area (TPSA) is 237 Å². The summed E-state index contributed by atoms with van der Waals surface area (Å²) in [7, 11) is -9.88. The van der Waals surface area contributed by atoms with E-state index in [4.69, 9.17) is 37.0 Å². The average Bonchev–Trinajstić information content (AvgIpc) is 3.59. The summed E-state index contributed by atoms with van der Waals surface area (Å²) < 4.78 is 67.8. The highest BCUT2D eigenvalue weighted by Gasteiger charge is 2.30. The quantitative estimate of drug-likeness (QED) is 0.0222. The smallest absolute Gasteiger partial charge is 0.462 e. The molecule has 0 aliphatic heterocycles. The Morgan fingerprint density at radius 1 is 0.314 bits per heavy atom. The maximum Gasteiger partial charge on any atom is 0.472 e. The van der Waals surface area contributed by atoms with Crippen LogP contribution in [-0.4, -0.2) is 96.7 Å². The summed E-state index contributed by atoms with van der Waals surface area (Å²) in [4.78, 5) is 72.0. The molecule has 5 atom stereocenters. The van der Waals surface area contributed by atoms with E-state index in [-0.39, 0.29) is 25.7 Å². The Labute approximate surface area is 524 Å². The number of ether oxygens (including phenoxy) is 4. The van der Waals surface area contributed by atoms with Crippen molar-refractivity contribution in [2.75, 3.05) is 39.6 Å². The van der Waals surface area contributed by atoms with Crippen LogP contribution in [0.3, 0.4) is 0 Å². The summed E-state index contributed by atoms with van der Waals surface area (Å²) in [6.45, 7) is 9.40. The number of esters is 4. The zero-order chi connectivity index (χ0) is 63.6. The van der Waals surface area contributed by atoms with Crippen LogP contribution in [0.5, 0.6) is 0 Å². The lowest BCUT2D eigenvalue weighted by Gasteiger charge is -2.21. The zero-order valence-corrected chi connectivity index (χ0v) is 57.4. The molecule has 0 bridgehead atoms. The second-order valence-corrected chi connectivity index (χ2v) is 28.1. The largest absolute Gasteiger partial charge is 0.472 e. The van der Waals surface area contributed by atoms with Crippen LogP contribution in [0, 0.1) is 11.8 Å². The minimum atomic E-state index is -4.95. The van der Waals surface area contributed by atoms with E-state index in [2.05, 4.69) is 41.5 Å². The van der Waals surface area contributed by atoms with Gasteiger partial charge in [0.2, 0.25) is 0 Å². The van der Waals surface area contributed by atoms with Crippen molar-refractivity contribution in [3.05, 3.63) is 0 Å². The van der Waals surface area contributed by atoms with Crippen LogP contribution in [0.1, 0.15) is 337 Å². The van der Waals surface area contributed by atoms with Crippen molar-refractivity contribution in [1.29, 1.82) is 0 Å². The van der Waals surface area contributed by atoms with Crippen LogP contribution in [0.15, 0.2) is 0 Å². The number of aliphatic hydroxyl groups is 1. The molecule has 2 unspecified atom stereocenters. The molecule has 0 aromatic heterocycles. The molecule has 0 rings (SSSR count). The number of phosphoric acid groups is 2. The summed E-state index contributed by atoms with van der Waals surface area (Å²) in [5, 5.41) is 10.5. The fraction of sp³-hybridized carbons (Fsp3) is 0.940. The first-order valence-corrected chi connectivity index (χ1v) is 38.0. The van der Waals surface area contributed by atoms with Gasteiger partial charge in [-0.3, -0.25) is 37.3 Å². The van der Waals surface area contributed by atoms with E-state index in [1.807, 2.05) is 0 Å². The van der Waals surface area contributed by atoms with Gasteiger partial charge in [0, 0.05) is 25.7 Å². The van der Waals surface area contributed by atoms with Crippen molar-refractivity contribution >= 4 is 39.5 Å². The van der Waals surface area contributed by atoms with Gasteiger partial charge in [-0.1, -0.05) is 286 Å². The van der Waals surface area contributed by atoms with E-state index in [9.17, 15) is 43.2 Å². The van der Waals surface area contributed by atoms with Gasteiger partial charge < -0.3 is 33.8 Å². The lowest BCUT2D eigenvalue weighted by atomic mass is 10.0. The lowest BCUT2D eigenvalue weighted by Crippen LogP contribution is -2.30. The van der Waals surface area contributed by atoms with Gasteiger partial charge in [0.1, 0.15) is 19.3 Å². The highest BCUT2D eigenvalue weighted by Crippen LogP contribution is 2.45. The third-order valence-electron chi connectivity index (χ3n) is 15.5. The molecule has 19 heteroatoms. The lowest BCUT2D eigenvalue weighted by molar-refractivity contribution is -0.161. The van der Waals surface area contributed by atoms with Crippen molar-refractivity contribution in [3.8, 4) is 0 Å². The van der Waals surface area contributed by atoms with Crippen LogP contribution in [0.2, 0.25) is 0 Å². The normalized spacial score (nSPS) is 14.2. The fourth-order valence-corrected chi connectivity index (χ4v) is 11.6. The minimum absolute atomic E-state index is 0.105. The molecule has 0 aliphatic rings. The number of hydrogen-bond acceptors (Lipinski definition) is 15. The van der Waals surface area contributed by atoms with Gasteiger partial charge in [-0.2, -0.15) is 0 Å². The first-order chi connectivity index (χ1) is 41.4. The first-order valence-electron chi connectivity index (χ1n) is 35.0. The van der Waals surface area contributed by atoms with Crippen LogP contribution < -0.4 is 0 Å². The molecule has 0 fully saturated rings. The number of hydrogen-bond donors (Lipinski definition) is 3. The SMILES string of the molecule is CCCCCCCCCCCCC(=O)O[C@H](COC(=O)CCCCCCC)COP(=O)(O)OC[C@H](O)COP(=O)(O)OC[C@@H](COC(=O)CCCCCCCCCC(C)C)OC(=O)CCCCCCCCCCCCCCCCCCCCC(C)C. The molecule has 0 amide bonds. The Balaban J connectivity index is 5.07. The van der Waals surface area contributed by atoms with E-state index in [0.29, 0.717) is 31.6 Å². The summed E-state index contributed by atoms with van der Waals surface area (Å²) in [5.74, 6) is -0.617. The first kappa shape index (κ1) is 84.1. The van der Waals surface area contributed by atoms with Crippen LogP contribution >= 0.6 is 15.6 Å². The average molecular weight is 1270 g/mol. The monoisotopic (exact) mass is 1270 g/mol. The number of unbranched alkanes of at least 4 members (excludes halogenated alkanes) is 36. The van der Waals surface area contributed by atoms with Crippen LogP contribution in [0.4, 0.5) is 0 Å². The third kappa shape index (κ3) is 60.9. The molecule has 0 aromatic rings. The Morgan fingerprint density at radius 2 is 0.535 bits per heavy atom. The highest BCUT2D eigenvalue weighted by molar-refractivity contribution is 7.47. The molecule has 0 spiro atoms.